The molecular formula is C17H27IN4O. The van der Waals surface area contributed by atoms with E-state index in [2.05, 4.69) is 31.0 Å². The van der Waals surface area contributed by atoms with Crippen molar-refractivity contribution in [2.45, 2.75) is 39.8 Å². The van der Waals surface area contributed by atoms with Gasteiger partial charge in [-0.05, 0) is 31.4 Å². The summed E-state index contributed by atoms with van der Waals surface area (Å²) in [7, 11) is 0. The zero-order chi connectivity index (χ0) is 15.9. The van der Waals surface area contributed by atoms with Crippen LogP contribution in [0.1, 0.15) is 37.8 Å². The molecule has 0 fully saturated rings. The molecule has 2 N–H and O–H groups in total. The molecule has 128 valence electrons. The zero-order valence-corrected chi connectivity index (χ0v) is 16.3. The summed E-state index contributed by atoms with van der Waals surface area (Å²) in [5.41, 5.74) is 8.44. The molecule has 2 rings (SSSR count). The maximum Gasteiger partial charge on any atom is 0.223 e. The third-order valence-electron chi connectivity index (χ3n) is 4.10. The van der Waals surface area contributed by atoms with Crippen molar-refractivity contribution in [1.29, 1.82) is 0 Å². The minimum Gasteiger partial charge on any atom is -0.370 e. The predicted molar refractivity (Wildman–Crippen MR) is 105 cm³/mol. The molecule has 0 atom stereocenters. The molecule has 1 aliphatic rings. The number of hydrogen-bond donors (Lipinski definition) is 1. The van der Waals surface area contributed by atoms with Crippen molar-refractivity contribution in [1.82, 2.24) is 9.80 Å². The van der Waals surface area contributed by atoms with E-state index in [4.69, 9.17) is 5.73 Å². The van der Waals surface area contributed by atoms with E-state index >= 15 is 0 Å². The number of carbonyl (C=O) groups excluding carboxylic acids is 1. The minimum atomic E-state index is 0. The standard InChI is InChI=1S/C17H26N4O.HI/c1-3-20(4-2)17(18)19-11-7-10-16(22)21-12-14-8-5-6-9-15(14)13-21;/h5-6,8-9H,3-4,7,10-13H2,1-2H3,(H2,18,19);1H. The van der Waals surface area contributed by atoms with Crippen molar-refractivity contribution in [2.24, 2.45) is 10.7 Å². The fourth-order valence-electron chi connectivity index (χ4n) is 2.74. The summed E-state index contributed by atoms with van der Waals surface area (Å²) in [6, 6.07) is 8.24. The maximum absolute atomic E-state index is 12.2. The van der Waals surface area contributed by atoms with Gasteiger partial charge in [0.15, 0.2) is 5.96 Å². The Morgan fingerprint density at radius 3 is 2.30 bits per heavy atom. The number of carbonyl (C=O) groups is 1. The van der Waals surface area contributed by atoms with Crippen molar-refractivity contribution in [3.8, 4) is 0 Å². The van der Waals surface area contributed by atoms with E-state index in [0.29, 0.717) is 18.9 Å². The van der Waals surface area contributed by atoms with Crippen LogP contribution in [-0.2, 0) is 17.9 Å². The van der Waals surface area contributed by atoms with Crippen LogP contribution in [0.4, 0.5) is 0 Å². The summed E-state index contributed by atoms with van der Waals surface area (Å²) >= 11 is 0. The van der Waals surface area contributed by atoms with Crippen LogP contribution in [0.15, 0.2) is 29.3 Å². The molecule has 6 heteroatoms. The van der Waals surface area contributed by atoms with Gasteiger partial charge in [0.2, 0.25) is 5.91 Å². The fourth-order valence-corrected chi connectivity index (χ4v) is 2.74. The molecule has 0 radical (unpaired) electrons. The Morgan fingerprint density at radius 2 is 1.78 bits per heavy atom. The highest BCUT2D eigenvalue weighted by atomic mass is 127. The second-order valence-corrected chi connectivity index (χ2v) is 5.53. The monoisotopic (exact) mass is 430 g/mol. The van der Waals surface area contributed by atoms with Gasteiger partial charge < -0.3 is 15.5 Å². The second kappa shape index (κ2) is 9.75. The normalized spacial score (nSPS) is 13.5. The topological polar surface area (TPSA) is 61.9 Å². The van der Waals surface area contributed by atoms with Crippen LogP contribution in [0, 0.1) is 0 Å². The number of hydrogen-bond acceptors (Lipinski definition) is 2. The lowest BCUT2D eigenvalue weighted by Crippen LogP contribution is -2.37. The molecular weight excluding hydrogens is 403 g/mol. The third-order valence-corrected chi connectivity index (χ3v) is 4.10. The molecule has 0 aromatic heterocycles. The molecule has 5 nitrogen and oxygen atoms in total. The van der Waals surface area contributed by atoms with Crippen LogP contribution in [0.5, 0.6) is 0 Å². The van der Waals surface area contributed by atoms with Crippen LogP contribution in [-0.4, -0.2) is 41.3 Å². The largest absolute Gasteiger partial charge is 0.370 e. The number of aliphatic imine (C=N–C) groups is 1. The summed E-state index contributed by atoms with van der Waals surface area (Å²) in [6.07, 6.45) is 1.27. The smallest absolute Gasteiger partial charge is 0.223 e. The zero-order valence-electron chi connectivity index (χ0n) is 14.0. The Kier molecular flexibility index (Phi) is 8.36. The van der Waals surface area contributed by atoms with E-state index in [1.807, 2.05) is 21.9 Å². The van der Waals surface area contributed by atoms with Gasteiger partial charge in [-0.1, -0.05) is 24.3 Å². The van der Waals surface area contributed by atoms with Crippen LogP contribution < -0.4 is 5.73 Å². The Balaban J connectivity index is 0.00000264. The predicted octanol–water partition coefficient (Wildman–Crippen LogP) is 2.58. The molecule has 0 saturated carbocycles. The average Bonchev–Trinajstić information content (AvgIpc) is 2.96. The molecule has 0 unspecified atom stereocenters. The molecule has 0 aliphatic carbocycles. The number of halogens is 1. The summed E-state index contributed by atoms with van der Waals surface area (Å²) in [4.78, 5) is 20.5. The fraction of sp³-hybridized carbons (Fsp3) is 0.529. The molecule has 1 aromatic carbocycles. The Bertz CT molecular complexity index is 518. The summed E-state index contributed by atoms with van der Waals surface area (Å²) in [5.74, 6) is 0.777. The molecule has 1 heterocycles. The Morgan fingerprint density at radius 1 is 1.22 bits per heavy atom. The van der Waals surface area contributed by atoms with Gasteiger partial charge in [-0.25, -0.2) is 0 Å². The lowest BCUT2D eigenvalue weighted by molar-refractivity contribution is -0.131. The number of fused-ring (bicyclic) bond motifs is 1. The molecule has 0 bridgehead atoms. The molecule has 0 spiro atoms. The van der Waals surface area contributed by atoms with Crippen LogP contribution in [0.3, 0.4) is 0 Å². The van der Waals surface area contributed by atoms with E-state index in [1.54, 1.807) is 0 Å². The number of nitrogens with zero attached hydrogens (tertiary/aromatic N) is 3. The van der Waals surface area contributed by atoms with Gasteiger partial charge >= 0.3 is 0 Å². The molecule has 23 heavy (non-hydrogen) atoms. The van der Waals surface area contributed by atoms with Crippen molar-refractivity contribution in [2.75, 3.05) is 19.6 Å². The molecule has 1 amide bonds. The van der Waals surface area contributed by atoms with E-state index in [0.717, 1.165) is 32.6 Å². The first-order chi connectivity index (χ1) is 10.7. The summed E-state index contributed by atoms with van der Waals surface area (Å²) < 4.78 is 0. The summed E-state index contributed by atoms with van der Waals surface area (Å²) in [5, 5.41) is 0. The Labute approximate surface area is 156 Å². The van der Waals surface area contributed by atoms with E-state index in [1.165, 1.54) is 11.1 Å². The van der Waals surface area contributed by atoms with E-state index in [9.17, 15) is 4.79 Å². The van der Waals surface area contributed by atoms with Gasteiger partial charge in [0.1, 0.15) is 0 Å². The highest BCUT2D eigenvalue weighted by molar-refractivity contribution is 14.0. The van der Waals surface area contributed by atoms with E-state index in [-0.39, 0.29) is 29.9 Å². The number of amides is 1. The molecule has 0 saturated heterocycles. The average molecular weight is 430 g/mol. The highest BCUT2D eigenvalue weighted by Crippen LogP contribution is 2.22. The van der Waals surface area contributed by atoms with Gasteiger partial charge in [-0.3, -0.25) is 9.79 Å². The third kappa shape index (κ3) is 5.37. The van der Waals surface area contributed by atoms with Crippen molar-refractivity contribution in [3.63, 3.8) is 0 Å². The van der Waals surface area contributed by atoms with Crippen LogP contribution in [0.25, 0.3) is 0 Å². The van der Waals surface area contributed by atoms with Gasteiger partial charge in [0.25, 0.3) is 0 Å². The molecule has 1 aliphatic heterocycles. The second-order valence-electron chi connectivity index (χ2n) is 5.53. The minimum absolute atomic E-state index is 0. The lowest BCUT2D eigenvalue weighted by Gasteiger charge is -2.19. The van der Waals surface area contributed by atoms with Crippen LogP contribution >= 0.6 is 24.0 Å². The first-order valence-corrected chi connectivity index (χ1v) is 8.05. The number of nitrogens with two attached hydrogens (primary N) is 1. The van der Waals surface area contributed by atoms with Crippen molar-refractivity contribution in [3.05, 3.63) is 35.4 Å². The number of benzene rings is 1. The first-order valence-electron chi connectivity index (χ1n) is 8.05. The SMILES string of the molecule is CCN(CC)C(N)=NCCCC(=O)N1Cc2ccccc2C1.I. The van der Waals surface area contributed by atoms with E-state index < -0.39 is 0 Å². The lowest BCUT2D eigenvalue weighted by atomic mass is 10.1. The quantitative estimate of drug-likeness (QED) is 0.327. The van der Waals surface area contributed by atoms with Crippen molar-refractivity contribution < 1.29 is 4.79 Å². The summed E-state index contributed by atoms with van der Waals surface area (Å²) in [6.45, 7) is 7.91. The van der Waals surface area contributed by atoms with Crippen molar-refractivity contribution >= 4 is 35.8 Å². The van der Waals surface area contributed by atoms with Gasteiger partial charge in [-0.2, -0.15) is 0 Å². The maximum atomic E-state index is 12.2. The highest BCUT2D eigenvalue weighted by Gasteiger charge is 2.22. The first kappa shape index (κ1) is 19.7. The molecule has 1 aromatic rings. The van der Waals surface area contributed by atoms with Gasteiger partial charge in [-0.15, -0.1) is 24.0 Å². The number of rotatable bonds is 6. The Hall–Kier alpha value is -1.31. The van der Waals surface area contributed by atoms with Crippen LogP contribution in [0.2, 0.25) is 0 Å². The van der Waals surface area contributed by atoms with Gasteiger partial charge in [0.05, 0.1) is 0 Å². The number of guanidine groups is 1. The van der Waals surface area contributed by atoms with Gasteiger partial charge in [0, 0.05) is 39.1 Å².